The van der Waals surface area contributed by atoms with Crippen molar-refractivity contribution in [3.05, 3.63) is 48.0 Å². The van der Waals surface area contributed by atoms with E-state index in [-0.39, 0.29) is 41.7 Å². The first-order chi connectivity index (χ1) is 10.8. The maximum Gasteiger partial charge on any atom is 0.229 e. The molecule has 2 aromatic carbocycles. The first-order valence-electron chi connectivity index (χ1n) is 6.61. The number of ketones is 1. The Bertz CT molecular complexity index is 825. The van der Waals surface area contributed by atoms with Gasteiger partial charge in [0.25, 0.3) is 0 Å². The summed E-state index contributed by atoms with van der Waals surface area (Å²) in [6, 6.07) is 11.0. The summed E-state index contributed by atoms with van der Waals surface area (Å²) in [5, 5.41) is 9.91. The number of benzene rings is 2. The number of Topliss-reactive ketones (excluding diaryl/α,β-unsaturated/α-hetero) is 1. The summed E-state index contributed by atoms with van der Waals surface area (Å²) in [6.45, 7) is -0.294. The number of anilines is 1. The van der Waals surface area contributed by atoms with Crippen molar-refractivity contribution < 1.29 is 23.1 Å². The predicted molar refractivity (Wildman–Crippen MR) is 93.7 cm³/mol. The van der Waals surface area contributed by atoms with Crippen LogP contribution in [0.3, 0.4) is 0 Å². The zero-order valence-corrected chi connectivity index (χ0v) is 14.4. The summed E-state index contributed by atoms with van der Waals surface area (Å²) in [5.41, 5.74) is 5.27. The fourth-order valence-corrected chi connectivity index (χ4v) is 2.44. The molecule has 9 heteroatoms. The highest BCUT2D eigenvalue weighted by Gasteiger charge is 2.18. The van der Waals surface area contributed by atoms with Gasteiger partial charge in [-0.25, -0.2) is 8.42 Å². The molecule has 24 heavy (non-hydrogen) atoms. The van der Waals surface area contributed by atoms with Crippen molar-refractivity contribution in [2.24, 2.45) is 5.73 Å². The van der Waals surface area contributed by atoms with Gasteiger partial charge in [0.2, 0.25) is 10.0 Å². The van der Waals surface area contributed by atoms with E-state index in [0.29, 0.717) is 5.75 Å². The Balaban J connectivity index is 0.00000288. The zero-order chi connectivity index (χ0) is 17.0. The largest absolute Gasteiger partial charge is 0.507 e. The quantitative estimate of drug-likeness (QED) is 0.668. The van der Waals surface area contributed by atoms with Crippen molar-refractivity contribution >= 4 is 33.9 Å². The molecule has 0 saturated heterocycles. The first-order valence-corrected chi connectivity index (χ1v) is 8.50. The number of phenols is 1. The molecule has 0 atom stereocenters. The Kier molecular flexibility index (Phi) is 6.59. The third kappa shape index (κ3) is 5.12. The van der Waals surface area contributed by atoms with Crippen LogP contribution >= 0.6 is 12.4 Å². The van der Waals surface area contributed by atoms with Gasteiger partial charge >= 0.3 is 0 Å². The summed E-state index contributed by atoms with van der Waals surface area (Å²) >= 11 is 0. The van der Waals surface area contributed by atoms with E-state index in [9.17, 15) is 18.3 Å². The Morgan fingerprint density at radius 1 is 1.25 bits per heavy atom. The second kappa shape index (κ2) is 8.00. The number of hydrogen-bond acceptors (Lipinski definition) is 6. The minimum atomic E-state index is -3.60. The highest BCUT2D eigenvalue weighted by Crippen LogP contribution is 2.36. The van der Waals surface area contributed by atoms with Crippen LogP contribution in [0.4, 0.5) is 5.69 Å². The van der Waals surface area contributed by atoms with Gasteiger partial charge in [0, 0.05) is 6.07 Å². The normalized spacial score (nSPS) is 10.6. The number of aromatic hydroxyl groups is 1. The van der Waals surface area contributed by atoms with Crippen molar-refractivity contribution in [3.8, 4) is 17.2 Å². The molecule has 0 amide bonds. The Morgan fingerprint density at radius 2 is 1.88 bits per heavy atom. The number of carbonyl (C=O) groups is 1. The highest BCUT2D eigenvalue weighted by molar-refractivity contribution is 7.92. The van der Waals surface area contributed by atoms with Crippen LogP contribution in [-0.4, -0.2) is 32.1 Å². The predicted octanol–water partition coefficient (Wildman–Crippen LogP) is 2.12. The number of carbonyl (C=O) groups excluding carboxylic acids is 1. The molecule has 0 aromatic heterocycles. The van der Waals surface area contributed by atoms with Crippen LogP contribution in [0.1, 0.15) is 10.4 Å². The Labute approximate surface area is 145 Å². The molecule has 0 heterocycles. The molecule has 0 aliphatic heterocycles. The molecule has 2 rings (SSSR count). The topological polar surface area (TPSA) is 119 Å². The first kappa shape index (κ1) is 19.8. The Hall–Kier alpha value is -2.29. The molecule has 0 aliphatic rings. The summed E-state index contributed by atoms with van der Waals surface area (Å²) in [7, 11) is -3.60. The SMILES string of the molecule is CS(=O)(=O)Nc1cc(O)c(C(=O)CN)cc1Oc1ccccc1.Cl. The van der Waals surface area contributed by atoms with Gasteiger partial charge in [0.15, 0.2) is 11.5 Å². The molecular formula is C15H17ClN2O5S. The molecule has 0 spiro atoms. The van der Waals surface area contributed by atoms with E-state index in [0.717, 1.165) is 12.3 Å². The van der Waals surface area contributed by atoms with Gasteiger partial charge in [-0.2, -0.15) is 0 Å². The minimum Gasteiger partial charge on any atom is -0.507 e. The van der Waals surface area contributed by atoms with E-state index in [1.807, 2.05) is 0 Å². The molecule has 0 fully saturated rings. The van der Waals surface area contributed by atoms with E-state index in [2.05, 4.69) is 4.72 Å². The van der Waals surface area contributed by atoms with Gasteiger partial charge in [-0.1, -0.05) is 18.2 Å². The molecule has 2 aromatic rings. The summed E-state index contributed by atoms with van der Waals surface area (Å²) in [4.78, 5) is 11.8. The summed E-state index contributed by atoms with van der Waals surface area (Å²) < 4.78 is 30.8. The van der Waals surface area contributed by atoms with Crippen LogP contribution in [-0.2, 0) is 10.0 Å². The highest BCUT2D eigenvalue weighted by atomic mass is 35.5. The lowest BCUT2D eigenvalue weighted by Gasteiger charge is -2.14. The maximum absolute atomic E-state index is 11.8. The minimum absolute atomic E-state index is 0. The van der Waals surface area contributed by atoms with Gasteiger partial charge in [-0.3, -0.25) is 9.52 Å². The standard InChI is InChI=1S/C15H16N2O5S.ClH/c1-23(20,21)17-12-8-13(18)11(14(19)9-16)7-15(12)22-10-5-3-2-4-6-10;/h2-8,17-18H,9,16H2,1H3;1H. The van der Waals surface area contributed by atoms with Crippen LogP contribution in [0.15, 0.2) is 42.5 Å². The van der Waals surface area contributed by atoms with Crippen molar-refractivity contribution in [2.45, 2.75) is 0 Å². The number of nitrogens with one attached hydrogen (secondary N) is 1. The van der Waals surface area contributed by atoms with E-state index in [1.54, 1.807) is 30.3 Å². The number of nitrogens with two attached hydrogens (primary N) is 1. The van der Waals surface area contributed by atoms with Gasteiger partial charge in [-0.15, -0.1) is 12.4 Å². The van der Waals surface area contributed by atoms with Crippen LogP contribution in [0.5, 0.6) is 17.2 Å². The fourth-order valence-electron chi connectivity index (χ4n) is 1.88. The van der Waals surface area contributed by atoms with Gasteiger partial charge < -0.3 is 15.6 Å². The van der Waals surface area contributed by atoms with Crippen LogP contribution < -0.4 is 15.2 Å². The van der Waals surface area contributed by atoms with E-state index in [4.69, 9.17) is 10.5 Å². The molecule has 0 unspecified atom stereocenters. The summed E-state index contributed by atoms with van der Waals surface area (Å²) in [6.07, 6.45) is 0.968. The number of rotatable bonds is 6. The maximum atomic E-state index is 11.8. The van der Waals surface area contributed by atoms with Crippen molar-refractivity contribution in [2.75, 3.05) is 17.5 Å². The number of hydrogen-bond donors (Lipinski definition) is 3. The van der Waals surface area contributed by atoms with Gasteiger partial charge in [-0.05, 0) is 18.2 Å². The third-order valence-electron chi connectivity index (χ3n) is 2.85. The number of halogens is 1. The second-order valence-electron chi connectivity index (χ2n) is 4.78. The second-order valence-corrected chi connectivity index (χ2v) is 6.53. The number of ether oxygens (including phenoxy) is 1. The van der Waals surface area contributed by atoms with Crippen molar-refractivity contribution in [3.63, 3.8) is 0 Å². The van der Waals surface area contributed by atoms with Crippen LogP contribution in [0.2, 0.25) is 0 Å². The van der Waals surface area contributed by atoms with Crippen molar-refractivity contribution in [1.29, 1.82) is 0 Å². The summed E-state index contributed by atoms with van der Waals surface area (Å²) in [5.74, 6) is -0.351. The lowest BCUT2D eigenvalue weighted by molar-refractivity contribution is 0.0998. The van der Waals surface area contributed by atoms with Crippen molar-refractivity contribution in [1.82, 2.24) is 0 Å². The number of phenolic OH excluding ortho intramolecular Hbond substituents is 1. The molecule has 0 saturated carbocycles. The molecule has 0 aliphatic carbocycles. The molecule has 7 nitrogen and oxygen atoms in total. The van der Waals surface area contributed by atoms with Crippen LogP contribution in [0.25, 0.3) is 0 Å². The third-order valence-corrected chi connectivity index (χ3v) is 3.44. The number of para-hydroxylation sites is 1. The average molecular weight is 373 g/mol. The molecule has 4 N–H and O–H groups in total. The lowest BCUT2D eigenvalue weighted by Crippen LogP contribution is -2.15. The van der Waals surface area contributed by atoms with Gasteiger partial charge in [0.1, 0.15) is 11.5 Å². The molecule has 130 valence electrons. The van der Waals surface area contributed by atoms with E-state index >= 15 is 0 Å². The van der Waals surface area contributed by atoms with Gasteiger partial charge in [0.05, 0.1) is 24.1 Å². The monoisotopic (exact) mass is 372 g/mol. The number of sulfonamides is 1. The van der Waals surface area contributed by atoms with Crippen LogP contribution in [0, 0.1) is 0 Å². The average Bonchev–Trinajstić information content (AvgIpc) is 2.48. The molecule has 0 bridgehead atoms. The smallest absolute Gasteiger partial charge is 0.229 e. The lowest BCUT2D eigenvalue weighted by atomic mass is 10.1. The molecular weight excluding hydrogens is 356 g/mol. The van der Waals surface area contributed by atoms with E-state index in [1.165, 1.54) is 6.07 Å². The van der Waals surface area contributed by atoms with E-state index < -0.39 is 15.8 Å². The Morgan fingerprint density at radius 3 is 2.42 bits per heavy atom. The molecule has 0 radical (unpaired) electrons. The zero-order valence-electron chi connectivity index (χ0n) is 12.7. The fraction of sp³-hybridized carbons (Fsp3) is 0.133.